The molecule has 0 atom stereocenters. The van der Waals surface area contributed by atoms with Crippen LogP contribution < -0.4 is 9.64 Å². The third-order valence-corrected chi connectivity index (χ3v) is 4.62. The second-order valence-electron chi connectivity index (χ2n) is 6.37. The van der Waals surface area contributed by atoms with E-state index in [0.29, 0.717) is 17.2 Å². The number of hydrogen-bond acceptors (Lipinski definition) is 6. The van der Waals surface area contributed by atoms with E-state index in [-0.39, 0.29) is 11.6 Å². The van der Waals surface area contributed by atoms with Gasteiger partial charge in [-0.1, -0.05) is 5.16 Å². The Labute approximate surface area is 156 Å². The molecule has 0 N–H and O–H groups in total. The first-order valence-electron chi connectivity index (χ1n) is 8.77. The minimum Gasteiger partial charge on any atom is -0.496 e. The average Bonchev–Trinajstić information content (AvgIpc) is 3.18. The zero-order valence-electron chi connectivity index (χ0n) is 15.2. The van der Waals surface area contributed by atoms with Crippen molar-refractivity contribution in [3.05, 3.63) is 47.8 Å². The Hall–Kier alpha value is -2.93. The van der Waals surface area contributed by atoms with Crippen molar-refractivity contribution < 1.29 is 18.4 Å². The predicted molar refractivity (Wildman–Crippen MR) is 99.4 cm³/mol. The number of halogens is 1. The van der Waals surface area contributed by atoms with Gasteiger partial charge in [-0.15, -0.1) is 0 Å². The monoisotopic (exact) mass is 369 g/mol. The molecule has 0 bridgehead atoms. The SMILES string of the molecule is COc1ccc(F)cc1-c1noc(-c2ccc(N3CCOCC3)c(C)c2)n1. The number of aromatic nitrogens is 2. The van der Waals surface area contributed by atoms with E-state index in [2.05, 4.69) is 28.0 Å². The molecule has 1 aliphatic rings. The maximum atomic E-state index is 13.6. The van der Waals surface area contributed by atoms with Crippen LogP contribution in [0.3, 0.4) is 0 Å². The van der Waals surface area contributed by atoms with E-state index in [1.165, 1.54) is 24.9 Å². The van der Waals surface area contributed by atoms with E-state index >= 15 is 0 Å². The van der Waals surface area contributed by atoms with Crippen molar-refractivity contribution in [1.29, 1.82) is 0 Å². The van der Waals surface area contributed by atoms with E-state index in [1.807, 2.05) is 12.1 Å². The first-order chi connectivity index (χ1) is 13.2. The number of ether oxygens (including phenoxy) is 2. The summed E-state index contributed by atoms with van der Waals surface area (Å²) in [4.78, 5) is 6.73. The molecule has 0 radical (unpaired) electrons. The van der Waals surface area contributed by atoms with Crippen LogP contribution in [-0.2, 0) is 4.74 Å². The van der Waals surface area contributed by atoms with Crippen molar-refractivity contribution in [2.45, 2.75) is 6.92 Å². The molecule has 0 saturated carbocycles. The molecule has 4 rings (SSSR count). The van der Waals surface area contributed by atoms with Gasteiger partial charge in [0.1, 0.15) is 11.6 Å². The number of methoxy groups -OCH3 is 1. The van der Waals surface area contributed by atoms with Crippen molar-refractivity contribution in [3.63, 3.8) is 0 Å². The summed E-state index contributed by atoms with van der Waals surface area (Å²) in [5.41, 5.74) is 3.57. The molecule has 1 saturated heterocycles. The maximum absolute atomic E-state index is 13.6. The Bertz CT molecular complexity index is 951. The van der Waals surface area contributed by atoms with Crippen LogP contribution in [0.25, 0.3) is 22.8 Å². The van der Waals surface area contributed by atoms with Crippen LogP contribution in [-0.4, -0.2) is 43.6 Å². The van der Waals surface area contributed by atoms with Crippen LogP contribution in [0, 0.1) is 12.7 Å². The Morgan fingerprint density at radius 3 is 2.67 bits per heavy atom. The van der Waals surface area contributed by atoms with Crippen molar-refractivity contribution in [1.82, 2.24) is 10.1 Å². The molecule has 2 heterocycles. The van der Waals surface area contributed by atoms with Gasteiger partial charge < -0.3 is 18.9 Å². The molecule has 1 aliphatic heterocycles. The second-order valence-corrected chi connectivity index (χ2v) is 6.37. The van der Waals surface area contributed by atoms with Gasteiger partial charge in [-0.05, 0) is 48.9 Å². The minimum absolute atomic E-state index is 0.288. The molecular formula is C20H20FN3O3. The lowest BCUT2D eigenvalue weighted by Gasteiger charge is -2.30. The fourth-order valence-electron chi connectivity index (χ4n) is 3.25. The fourth-order valence-corrected chi connectivity index (χ4v) is 3.25. The van der Waals surface area contributed by atoms with Crippen LogP contribution >= 0.6 is 0 Å². The molecule has 1 aromatic heterocycles. The van der Waals surface area contributed by atoms with Gasteiger partial charge in [0.05, 0.1) is 25.9 Å². The summed E-state index contributed by atoms with van der Waals surface area (Å²) in [5, 5.41) is 3.99. The molecule has 0 aliphatic carbocycles. The van der Waals surface area contributed by atoms with Gasteiger partial charge in [0.15, 0.2) is 0 Å². The number of rotatable bonds is 4. The highest BCUT2D eigenvalue weighted by molar-refractivity contribution is 5.68. The Morgan fingerprint density at radius 1 is 1.11 bits per heavy atom. The maximum Gasteiger partial charge on any atom is 0.258 e. The molecular weight excluding hydrogens is 349 g/mol. The normalized spacial score (nSPS) is 14.4. The lowest BCUT2D eigenvalue weighted by molar-refractivity contribution is 0.122. The number of nitrogens with zero attached hydrogens (tertiary/aromatic N) is 3. The quantitative estimate of drug-likeness (QED) is 0.699. The Balaban J connectivity index is 1.64. The largest absolute Gasteiger partial charge is 0.496 e. The van der Waals surface area contributed by atoms with Crippen molar-refractivity contribution in [3.8, 4) is 28.6 Å². The van der Waals surface area contributed by atoms with Gasteiger partial charge in [0.25, 0.3) is 5.89 Å². The number of benzene rings is 2. The summed E-state index contributed by atoms with van der Waals surface area (Å²) < 4.78 is 29.7. The van der Waals surface area contributed by atoms with Crippen LogP contribution in [0.15, 0.2) is 40.9 Å². The second kappa shape index (κ2) is 7.36. The molecule has 0 unspecified atom stereocenters. The molecule has 6 nitrogen and oxygen atoms in total. The van der Waals surface area contributed by atoms with Crippen molar-refractivity contribution in [2.24, 2.45) is 0 Å². The predicted octanol–water partition coefficient (Wildman–Crippen LogP) is 3.70. The number of aryl methyl sites for hydroxylation is 1. The third kappa shape index (κ3) is 3.50. The zero-order chi connectivity index (χ0) is 18.8. The number of morpholine rings is 1. The standard InChI is InChI=1S/C20H20FN3O3/c1-13-11-14(3-5-17(13)24-7-9-26-10-8-24)20-22-19(23-27-20)16-12-15(21)4-6-18(16)25-2/h3-6,11-12H,7-10H2,1-2H3. The van der Waals surface area contributed by atoms with Gasteiger partial charge in [-0.2, -0.15) is 4.98 Å². The lowest BCUT2D eigenvalue weighted by atomic mass is 10.1. The topological polar surface area (TPSA) is 60.6 Å². The van der Waals surface area contributed by atoms with Gasteiger partial charge in [0, 0.05) is 24.3 Å². The molecule has 3 aromatic rings. The van der Waals surface area contributed by atoms with Crippen molar-refractivity contribution >= 4 is 5.69 Å². The molecule has 7 heteroatoms. The van der Waals surface area contributed by atoms with Gasteiger partial charge >= 0.3 is 0 Å². The first kappa shape index (κ1) is 17.5. The third-order valence-electron chi connectivity index (χ3n) is 4.62. The molecule has 0 spiro atoms. The van der Waals surface area contributed by atoms with E-state index in [9.17, 15) is 4.39 Å². The number of hydrogen-bond donors (Lipinski definition) is 0. The highest BCUT2D eigenvalue weighted by Crippen LogP contribution is 2.31. The van der Waals surface area contributed by atoms with Gasteiger partial charge in [-0.3, -0.25) is 0 Å². The Kier molecular flexibility index (Phi) is 4.77. The summed E-state index contributed by atoms with van der Waals surface area (Å²) in [6, 6.07) is 10.2. The zero-order valence-corrected chi connectivity index (χ0v) is 15.2. The highest BCUT2D eigenvalue weighted by Gasteiger charge is 2.18. The smallest absolute Gasteiger partial charge is 0.258 e. The summed E-state index contributed by atoms with van der Waals surface area (Å²) in [7, 11) is 1.52. The van der Waals surface area contributed by atoms with Crippen LogP contribution in [0.1, 0.15) is 5.56 Å². The average molecular weight is 369 g/mol. The number of anilines is 1. The summed E-state index contributed by atoms with van der Waals surface area (Å²) in [5.74, 6) is 0.773. The molecule has 140 valence electrons. The fraction of sp³-hybridized carbons (Fsp3) is 0.300. The molecule has 0 amide bonds. The van der Waals surface area contributed by atoms with E-state index in [0.717, 1.165) is 37.4 Å². The van der Waals surface area contributed by atoms with Crippen LogP contribution in [0.5, 0.6) is 5.75 Å². The highest BCUT2D eigenvalue weighted by atomic mass is 19.1. The van der Waals surface area contributed by atoms with E-state index < -0.39 is 0 Å². The Morgan fingerprint density at radius 2 is 1.93 bits per heavy atom. The van der Waals surface area contributed by atoms with Crippen LogP contribution in [0.2, 0.25) is 0 Å². The molecule has 1 fully saturated rings. The first-order valence-corrected chi connectivity index (χ1v) is 8.77. The summed E-state index contributed by atoms with van der Waals surface area (Å²) in [6.45, 7) is 5.29. The van der Waals surface area contributed by atoms with Gasteiger partial charge in [0.2, 0.25) is 5.82 Å². The minimum atomic E-state index is -0.386. The van der Waals surface area contributed by atoms with E-state index in [4.69, 9.17) is 14.0 Å². The van der Waals surface area contributed by atoms with E-state index in [1.54, 1.807) is 6.07 Å². The van der Waals surface area contributed by atoms with Crippen LogP contribution in [0.4, 0.5) is 10.1 Å². The van der Waals surface area contributed by atoms with Crippen molar-refractivity contribution in [2.75, 3.05) is 38.3 Å². The van der Waals surface area contributed by atoms with Gasteiger partial charge in [-0.25, -0.2) is 4.39 Å². The molecule has 27 heavy (non-hydrogen) atoms. The molecule has 2 aromatic carbocycles. The summed E-state index contributed by atoms with van der Waals surface area (Å²) >= 11 is 0. The summed E-state index contributed by atoms with van der Waals surface area (Å²) in [6.07, 6.45) is 0. The lowest BCUT2D eigenvalue weighted by Crippen LogP contribution is -2.36.